The van der Waals surface area contributed by atoms with E-state index in [1.54, 1.807) is 0 Å². The molecule has 1 aromatic carbocycles. The molecule has 0 saturated carbocycles. The number of carbonyl (C=O) groups is 1. The second-order valence-electron chi connectivity index (χ2n) is 8.36. The lowest BCUT2D eigenvalue weighted by Gasteiger charge is -2.28. The molecule has 3 saturated heterocycles. The van der Waals surface area contributed by atoms with Gasteiger partial charge in [-0.25, -0.2) is 0 Å². The van der Waals surface area contributed by atoms with Gasteiger partial charge in [0.2, 0.25) is 0 Å². The third-order valence-electron chi connectivity index (χ3n) is 6.39. The van der Waals surface area contributed by atoms with E-state index in [-0.39, 0.29) is 5.91 Å². The second-order valence-corrected chi connectivity index (χ2v) is 8.36. The Morgan fingerprint density at radius 2 is 1.56 bits per heavy atom. The molecule has 3 heterocycles. The highest BCUT2D eigenvalue weighted by molar-refractivity contribution is 5.95. The van der Waals surface area contributed by atoms with Crippen molar-refractivity contribution >= 4 is 11.6 Å². The van der Waals surface area contributed by atoms with Crippen LogP contribution in [0.4, 0.5) is 5.69 Å². The standard InChI is InChI=1S/C22H34N4O/c27-22(26-16-5-6-21(26)18-25-14-3-4-15-25)19-7-9-20(10-8-19)23-11-17-24-12-1-2-13-24/h7-10,21,23H,1-6,11-18H2/t21-/m0/s1. The largest absolute Gasteiger partial charge is 0.384 e. The highest BCUT2D eigenvalue weighted by atomic mass is 16.2. The van der Waals surface area contributed by atoms with Crippen LogP contribution in [0.15, 0.2) is 24.3 Å². The molecule has 1 aromatic rings. The number of nitrogens with zero attached hydrogens (tertiary/aromatic N) is 3. The van der Waals surface area contributed by atoms with Crippen molar-refractivity contribution in [2.75, 3.05) is 57.7 Å². The van der Waals surface area contributed by atoms with Crippen molar-refractivity contribution < 1.29 is 4.79 Å². The number of nitrogens with one attached hydrogen (secondary N) is 1. The van der Waals surface area contributed by atoms with E-state index in [9.17, 15) is 4.79 Å². The SMILES string of the molecule is O=C(c1ccc(NCCN2CCCC2)cc1)N1CCC[C@H]1CN1CCCC1. The Labute approximate surface area is 163 Å². The molecule has 0 aliphatic carbocycles. The molecule has 148 valence electrons. The number of amides is 1. The first-order chi connectivity index (χ1) is 13.3. The Morgan fingerprint density at radius 1 is 0.889 bits per heavy atom. The van der Waals surface area contributed by atoms with Crippen LogP contribution in [0.25, 0.3) is 0 Å². The summed E-state index contributed by atoms with van der Waals surface area (Å²) in [5.74, 6) is 0.209. The lowest BCUT2D eigenvalue weighted by atomic mass is 10.1. The Hall–Kier alpha value is -1.59. The maximum absolute atomic E-state index is 13.0. The highest BCUT2D eigenvalue weighted by Gasteiger charge is 2.31. The maximum Gasteiger partial charge on any atom is 0.254 e. The lowest BCUT2D eigenvalue weighted by Crippen LogP contribution is -2.42. The van der Waals surface area contributed by atoms with Crippen LogP contribution in [-0.2, 0) is 0 Å². The van der Waals surface area contributed by atoms with Crippen LogP contribution in [0.2, 0.25) is 0 Å². The minimum Gasteiger partial charge on any atom is -0.384 e. The predicted molar refractivity (Wildman–Crippen MR) is 110 cm³/mol. The molecule has 27 heavy (non-hydrogen) atoms. The molecule has 1 amide bonds. The molecule has 3 aliphatic rings. The van der Waals surface area contributed by atoms with Gasteiger partial charge in [0.05, 0.1) is 0 Å². The van der Waals surface area contributed by atoms with Crippen LogP contribution in [0.5, 0.6) is 0 Å². The smallest absolute Gasteiger partial charge is 0.254 e. The van der Waals surface area contributed by atoms with Gasteiger partial charge in [-0.2, -0.15) is 0 Å². The van der Waals surface area contributed by atoms with E-state index >= 15 is 0 Å². The summed E-state index contributed by atoms with van der Waals surface area (Å²) in [6.07, 6.45) is 7.59. The van der Waals surface area contributed by atoms with Crippen molar-refractivity contribution in [3.8, 4) is 0 Å². The van der Waals surface area contributed by atoms with Crippen molar-refractivity contribution in [1.82, 2.24) is 14.7 Å². The minimum absolute atomic E-state index is 0.209. The van der Waals surface area contributed by atoms with Crippen LogP contribution < -0.4 is 5.32 Å². The number of likely N-dealkylation sites (tertiary alicyclic amines) is 3. The third-order valence-corrected chi connectivity index (χ3v) is 6.39. The lowest BCUT2D eigenvalue weighted by molar-refractivity contribution is 0.0709. The van der Waals surface area contributed by atoms with E-state index in [0.717, 1.165) is 50.3 Å². The van der Waals surface area contributed by atoms with Gasteiger partial charge in [-0.3, -0.25) is 4.79 Å². The van der Waals surface area contributed by atoms with Crippen LogP contribution in [0.3, 0.4) is 0 Å². The van der Waals surface area contributed by atoms with Crippen molar-refractivity contribution in [3.63, 3.8) is 0 Å². The molecule has 3 aliphatic heterocycles. The molecule has 1 atom stereocenters. The van der Waals surface area contributed by atoms with E-state index in [1.165, 1.54) is 51.9 Å². The quantitative estimate of drug-likeness (QED) is 0.801. The molecule has 4 rings (SSSR count). The molecular formula is C22H34N4O. The van der Waals surface area contributed by atoms with Gasteiger partial charge in [-0.05, 0) is 89.0 Å². The average Bonchev–Trinajstić information content (AvgIpc) is 3.45. The Kier molecular flexibility index (Phi) is 6.30. The fourth-order valence-electron chi connectivity index (χ4n) is 4.82. The number of benzene rings is 1. The topological polar surface area (TPSA) is 38.8 Å². The molecule has 0 radical (unpaired) electrons. The van der Waals surface area contributed by atoms with E-state index < -0.39 is 0 Å². The first-order valence-electron chi connectivity index (χ1n) is 10.9. The Bertz CT molecular complexity index is 605. The Balaban J connectivity index is 1.28. The van der Waals surface area contributed by atoms with Crippen LogP contribution in [0.1, 0.15) is 48.9 Å². The van der Waals surface area contributed by atoms with E-state index in [2.05, 4.69) is 32.1 Å². The summed E-state index contributed by atoms with van der Waals surface area (Å²) in [4.78, 5) is 20.2. The molecule has 5 nitrogen and oxygen atoms in total. The normalized spacial score (nSPS) is 24.0. The van der Waals surface area contributed by atoms with Gasteiger partial charge in [0.1, 0.15) is 0 Å². The summed E-state index contributed by atoms with van der Waals surface area (Å²) in [6.45, 7) is 8.93. The van der Waals surface area contributed by atoms with Crippen LogP contribution in [0, 0.1) is 0 Å². The van der Waals surface area contributed by atoms with Crippen molar-refractivity contribution in [2.24, 2.45) is 0 Å². The van der Waals surface area contributed by atoms with E-state index in [1.807, 2.05) is 12.1 Å². The number of hydrogen-bond donors (Lipinski definition) is 1. The van der Waals surface area contributed by atoms with Gasteiger partial charge in [0.15, 0.2) is 0 Å². The molecule has 0 unspecified atom stereocenters. The summed E-state index contributed by atoms with van der Waals surface area (Å²) < 4.78 is 0. The monoisotopic (exact) mass is 370 g/mol. The van der Waals surface area contributed by atoms with Crippen molar-refractivity contribution in [3.05, 3.63) is 29.8 Å². The van der Waals surface area contributed by atoms with Gasteiger partial charge >= 0.3 is 0 Å². The molecule has 0 spiro atoms. The molecule has 0 bridgehead atoms. The summed E-state index contributed by atoms with van der Waals surface area (Å²) in [6, 6.07) is 8.50. The van der Waals surface area contributed by atoms with Gasteiger partial charge in [-0.1, -0.05) is 0 Å². The number of anilines is 1. The zero-order valence-electron chi connectivity index (χ0n) is 16.5. The summed E-state index contributed by atoms with van der Waals surface area (Å²) in [5.41, 5.74) is 1.94. The fourth-order valence-corrected chi connectivity index (χ4v) is 4.82. The van der Waals surface area contributed by atoms with Crippen LogP contribution in [-0.4, -0.2) is 79.0 Å². The molecule has 5 heteroatoms. The van der Waals surface area contributed by atoms with Gasteiger partial charge < -0.3 is 20.0 Å². The van der Waals surface area contributed by atoms with Crippen LogP contribution >= 0.6 is 0 Å². The molecule has 1 N–H and O–H groups in total. The van der Waals surface area contributed by atoms with E-state index in [4.69, 9.17) is 0 Å². The number of rotatable bonds is 7. The second kappa shape index (κ2) is 9.07. The predicted octanol–water partition coefficient (Wildman–Crippen LogP) is 2.89. The molecule has 3 fully saturated rings. The number of carbonyl (C=O) groups excluding carboxylic acids is 1. The van der Waals surface area contributed by atoms with Crippen molar-refractivity contribution in [2.45, 2.75) is 44.6 Å². The molecular weight excluding hydrogens is 336 g/mol. The van der Waals surface area contributed by atoms with Gasteiger partial charge in [0, 0.05) is 43.5 Å². The van der Waals surface area contributed by atoms with Crippen molar-refractivity contribution in [1.29, 1.82) is 0 Å². The summed E-state index contributed by atoms with van der Waals surface area (Å²) >= 11 is 0. The van der Waals surface area contributed by atoms with Gasteiger partial charge in [0.25, 0.3) is 5.91 Å². The fraction of sp³-hybridized carbons (Fsp3) is 0.682. The first kappa shape index (κ1) is 18.8. The zero-order valence-corrected chi connectivity index (χ0v) is 16.5. The molecule has 0 aromatic heterocycles. The zero-order chi connectivity index (χ0) is 18.5. The number of hydrogen-bond acceptors (Lipinski definition) is 4. The Morgan fingerprint density at radius 3 is 2.26 bits per heavy atom. The summed E-state index contributed by atoms with van der Waals surface area (Å²) in [5, 5.41) is 3.49. The average molecular weight is 371 g/mol. The van der Waals surface area contributed by atoms with E-state index in [0.29, 0.717) is 6.04 Å². The first-order valence-corrected chi connectivity index (χ1v) is 10.9. The van der Waals surface area contributed by atoms with Gasteiger partial charge in [-0.15, -0.1) is 0 Å². The third kappa shape index (κ3) is 4.82. The highest BCUT2D eigenvalue weighted by Crippen LogP contribution is 2.23. The summed E-state index contributed by atoms with van der Waals surface area (Å²) in [7, 11) is 0. The maximum atomic E-state index is 13.0. The minimum atomic E-state index is 0.209.